The molecule has 2 N–H and O–H groups in total. The van der Waals surface area contributed by atoms with Gasteiger partial charge in [-0.25, -0.2) is 4.98 Å². The summed E-state index contributed by atoms with van der Waals surface area (Å²) in [6.07, 6.45) is 3.87. The minimum Gasteiger partial charge on any atom is -0.379 e. The zero-order valence-corrected chi connectivity index (χ0v) is 9.57. The molecular formula is C13H16N2O. The van der Waals surface area contributed by atoms with Gasteiger partial charge in [0.15, 0.2) is 0 Å². The van der Waals surface area contributed by atoms with Crippen LogP contribution in [0.1, 0.15) is 30.2 Å². The van der Waals surface area contributed by atoms with E-state index in [1.165, 1.54) is 0 Å². The lowest BCUT2D eigenvalue weighted by atomic mass is 9.87. The van der Waals surface area contributed by atoms with Crippen molar-refractivity contribution in [3.8, 4) is 0 Å². The summed E-state index contributed by atoms with van der Waals surface area (Å²) in [6.45, 7) is 3.98. The Bertz CT molecular complexity index is 465. The van der Waals surface area contributed by atoms with E-state index in [1.54, 1.807) is 12.5 Å². The molecule has 3 heteroatoms. The lowest BCUT2D eigenvalue weighted by Crippen LogP contribution is -2.26. The molecule has 0 fully saturated rings. The van der Waals surface area contributed by atoms with Crippen molar-refractivity contribution in [2.75, 3.05) is 0 Å². The van der Waals surface area contributed by atoms with Gasteiger partial charge in [0.05, 0.1) is 18.2 Å². The molecule has 2 aromatic rings. The summed E-state index contributed by atoms with van der Waals surface area (Å²) >= 11 is 0. The van der Waals surface area contributed by atoms with Gasteiger partial charge in [-0.2, -0.15) is 0 Å². The van der Waals surface area contributed by atoms with E-state index >= 15 is 0 Å². The van der Waals surface area contributed by atoms with Crippen LogP contribution in [0.25, 0.3) is 0 Å². The van der Waals surface area contributed by atoms with Crippen LogP contribution in [0, 0.1) is 6.92 Å². The number of rotatable bonds is 3. The molecule has 0 bridgehead atoms. The SMILES string of the molecule is CCC(O)(c1cccc(C)c1)c1cnc[nH]1. The van der Waals surface area contributed by atoms with Gasteiger partial charge in [-0.1, -0.05) is 36.8 Å². The fraction of sp³-hybridized carbons (Fsp3) is 0.308. The van der Waals surface area contributed by atoms with Crippen LogP contribution in [0.4, 0.5) is 0 Å². The van der Waals surface area contributed by atoms with Crippen LogP contribution in [0.2, 0.25) is 0 Å². The van der Waals surface area contributed by atoms with Crippen molar-refractivity contribution in [2.45, 2.75) is 25.9 Å². The number of aromatic amines is 1. The lowest BCUT2D eigenvalue weighted by molar-refractivity contribution is 0.0723. The van der Waals surface area contributed by atoms with Gasteiger partial charge in [0.2, 0.25) is 0 Å². The van der Waals surface area contributed by atoms with Crippen LogP contribution in [0.3, 0.4) is 0 Å². The largest absolute Gasteiger partial charge is 0.379 e. The molecule has 1 heterocycles. The van der Waals surface area contributed by atoms with Gasteiger partial charge in [-0.05, 0) is 18.9 Å². The van der Waals surface area contributed by atoms with Crippen molar-refractivity contribution in [1.29, 1.82) is 0 Å². The highest BCUT2D eigenvalue weighted by Gasteiger charge is 2.30. The van der Waals surface area contributed by atoms with Crippen LogP contribution >= 0.6 is 0 Å². The number of benzene rings is 1. The van der Waals surface area contributed by atoms with E-state index in [0.717, 1.165) is 16.8 Å². The van der Waals surface area contributed by atoms with E-state index in [0.29, 0.717) is 6.42 Å². The summed E-state index contributed by atoms with van der Waals surface area (Å²) < 4.78 is 0. The zero-order chi connectivity index (χ0) is 11.6. The number of aliphatic hydroxyl groups is 1. The third-order valence-corrected chi connectivity index (χ3v) is 2.95. The van der Waals surface area contributed by atoms with Gasteiger partial charge in [0.1, 0.15) is 5.60 Å². The van der Waals surface area contributed by atoms with Crippen LogP contribution in [-0.2, 0) is 5.60 Å². The number of nitrogens with zero attached hydrogens (tertiary/aromatic N) is 1. The molecule has 2 rings (SSSR count). The molecule has 0 radical (unpaired) electrons. The monoisotopic (exact) mass is 216 g/mol. The lowest BCUT2D eigenvalue weighted by Gasteiger charge is -2.26. The molecule has 16 heavy (non-hydrogen) atoms. The van der Waals surface area contributed by atoms with Crippen LogP contribution in [0.15, 0.2) is 36.8 Å². The average Bonchev–Trinajstić information content (AvgIpc) is 2.82. The van der Waals surface area contributed by atoms with Gasteiger partial charge in [0.25, 0.3) is 0 Å². The predicted octanol–water partition coefficient (Wildman–Crippen LogP) is 2.36. The number of hydrogen-bond acceptors (Lipinski definition) is 2. The fourth-order valence-electron chi connectivity index (χ4n) is 1.93. The third-order valence-electron chi connectivity index (χ3n) is 2.95. The Morgan fingerprint density at radius 2 is 2.25 bits per heavy atom. The van der Waals surface area contributed by atoms with Gasteiger partial charge in [-0.15, -0.1) is 0 Å². The standard InChI is InChI=1S/C13H16N2O/c1-3-13(16,12-8-14-9-15-12)11-6-4-5-10(2)7-11/h4-9,16H,3H2,1-2H3,(H,14,15). The highest BCUT2D eigenvalue weighted by Crippen LogP contribution is 2.31. The molecule has 0 saturated carbocycles. The maximum atomic E-state index is 10.7. The quantitative estimate of drug-likeness (QED) is 0.827. The Kier molecular flexibility index (Phi) is 2.79. The van der Waals surface area contributed by atoms with Gasteiger partial charge in [-0.3, -0.25) is 0 Å². The Hall–Kier alpha value is -1.61. The Labute approximate surface area is 95.2 Å². The van der Waals surface area contributed by atoms with E-state index in [9.17, 15) is 5.11 Å². The molecule has 1 atom stereocenters. The van der Waals surface area contributed by atoms with Crippen LogP contribution in [-0.4, -0.2) is 15.1 Å². The first-order chi connectivity index (χ1) is 7.66. The van der Waals surface area contributed by atoms with E-state index in [2.05, 4.69) is 9.97 Å². The highest BCUT2D eigenvalue weighted by molar-refractivity contribution is 5.33. The smallest absolute Gasteiger partial charge is 0.131 e. The zero-order valence-electron chi connectivity index (χ0n) is 9.57. The van der Waals surface area contributed by atoms with E-state index in [1.807, 2.05) is 38.1 Å². The number of aromatic nitrogens is 2. The molecule has 3 nitrogen and oxygen atoms in total. The second-order valence-corrected chi connectivity index (χ2v) is 4.05. The highest BCUT2D eigenvalue weighted by atomic mass is 16.3. The molecule has 0 aliphatic carbocycles. The van der Waals surface area contributed by atoms with Gasteiger partial charge in [0, 0.05) is 0 Å². The molecule has 1 aromatic carbocycles. The van der Waals surface area contributed by atoms with Crippen molar-refractivity contribution >= 4 is 0 Å². The fourth-order valence-corrected chi connectivity index (χ4v) is 1.93. The Balaban J connectivity index is 2.50. The molecule has 84 valence electrons. The van der Waals surface area contributed by atoms with Gasteiger partial charge < -0.3 is 10.1 Å². The summed E-state index contributed by atoms with van der Waals surface area (Å²) in [4.78, 5) is 6.95. The second kappa shape index (κ2) is 4.10. The minimum atomic E-state index is -0.970. The third kappa shape index (κ3) is 1.74. The van der Waals surface area contributed by atoms with Crippen LogP contribution in [0.5, 0.6) is 0 Å². The topological polar surface area (TPSA) is 48.9 Å². The first kappa shape index (κ1) is 10.9. The summed E-state index contributed by atoms with van der Waals surface area (Å²) in [6, 6.07) is 7.93. The van der Waals surface area contributed by atoms with Crippen molar-refractivity contribution in [2.24, 2.45) is 0 Å². The predicted molar refractivity (Wildman–Crippen MR) is 63.1 cm³/mol. The number of aryl methyl sites for hydroxylation is 1. The van der Waals surface area contributed by atoms with Crippen molar-refractivity contribution < 1.29 is 5.11 Å². The number of nitrogens with one attached hydrogen (secondary N) is 1. The van der Waals surface area contributed by atoms with E-state index in [-0.39, 0.29) is 0 Å². The first-order valence-electron chi connectivity index (χ1n) is 5.45. The van der Waals surface area contributed by atoms with E-state index < -0.39 is 5.60 Å². The molecular weight excluding hydrogens is 200 g/mol. The van der Waals surface area contributed by atoms with Crippen LogP contribution < -0.4 is 0 Å². The summed E-state index contributed by atoms with van der Waals surface area (Å²) in [7, 11) is 0. The Morgan fingerprint density at radius 3 is 2.81 bits per heavy atom. The maximum Gasteiger partial charge on any atom is 0.131 e. The number of hydrogen-bond donors (Lipinski definition) is 2. The maximum absolute atomic E-state index is 10.7. The van der Waals surface area contributed by atoms with Gasteiger partial charge >= 0.3 is 0 Å². The molecule has 0 saturated heterocycles. The molecule has 1 aromatic heterocycles. The molecule has 0 aliphatic rings. The van der Waals surface area contributed by atoms with Crippen molar-refractivity contribution in [1.82, 2.24) is 9.97 Å². The average molecular weight is 216 g/mol. The molecule has 0 aliphatic heterocycles. The molecule has 0 spiro atoms. The number of imidazole rings is 1. The van der Waals surface area contributed by atoms with Crippen molar-refractivity contribution in [3.63, 3.8) is 0 Å². The summed E-state index contributed by atoms with van der Waals surface area (Å²) in [5.74, 6) is 0. The normalized spacial score (nSPS) is 14.7. The Morgan fingerprint density at radius 1 is 1.44 bits per heavy atom. The first-order valence-corrected chi connectivity index (χ1v) is 5.45. The number of H-pyrrole nitrogens is 1. The summed E-state index contributed by atoms with van der Waals surface area (Å²) in [5, 5.41) is 10.7. The minimum absolute atomic E-state index is 0.610. The van der Waals surface area contributed by atoms with E-state index in [4.69, 9.17) is 0 Å². The second-order valence-electron chi connectivity index (χ2n) is 4.05. The molecule has 1 unspecified atom stereocenters. The van der Waals surface area contributed by atoms with Crippen molar-refractivity contribution in [3.05, 3.63) is 53.6 Å². The summed E-state index contributed by atoms with van der Waals surface area (Å²) in [5.41, 5.74) is 1.81. The molecule has 0 amide bonds.